The van der Waals surface area contributed by atoms with E-state index in [0.717, 1.165) is 23.4 Å². The third kappa shape index (κ3) is 5.81. The van der Waals surface area contributed by atoms with Crippen LogP contribution in [0.5, 0.6) is 11.5 Å². The third-order valence-corrected chi connectivity index (χ3v) is 4.23. The van der Waals surface area contributed by atoms with Crippen LogP contribution in [-0.2, 0) is 13.1 Å². The van der Waals surface area contributed by atoms with E-state index in [9.17, 15) is 4.39 Å². The molecule has 0 atom stereocenters. The van der Waals surface area contributed by atoms with E-state index < -0.39 is 0 Å². The summed E-state index contributed by atoms with van der Waals surface area (Å²) in [5.41, 5.74) is 7.53. The van der Waals surface area contributed by atoms with E-state index in [4.69, 9.17) is 15.2 Å². The normalized spacial score (nSPS) is 13.3. The van der Waals surface area contributed by atoms with Gasteiger partial charge in [-0.1, -0.05) is 12.1 Å². The monoisotopic (exact) mass is 524 g/mol. The van der Waals surface area contributed by atoms with Gasteiger partial charge in [-0.25, -0.2) is 19.0 Å². The van der Waals surface area contributed by atoms with Gasteiger partial charge in [0.15, 0.2) is 23.3 Å². The summed E-state index contributed by atoms with van der Waals surface area (Å²) in [6, 6.07) is 11.9. The molecule has 0 aliphatic carbocycles. The van der Waals surface area contributed by atoms with Crippen LogP contribution in [0.4, 0.5) is 10.1 Å². The van der Waals surface area contributed by atoms with Crippen LogP contribution < -0.4 is 20.5 Å². The lowest BCUT2D eigenvalue weighted by Gasteiger charge is -2.10. The van der Waals surface area contributed by atoms with Crippen molar-refractivity contribution >= 4 is 35.6 Å². The maximum atomic E-state index is 13.3. The molecular formula is C20H22FIN6O2. The molecule has 8 nitrogen and oxygen atoms in total. The molecular weight excluding hydrogens is 502 g/mol. The van der Waals surface area contributed by atoms with Crippen LogP contribution in [0.1, 0.15) is 17.8 Å². The van der Waals surface area contributed by atoms with Crippen molar-refractivity contribution in [1.82, 2.24) is 14.8 Å². The van der Waals surface area contributed by atoms with Crippen molar-refractivity contribution in [2.75, 3.05) is 18.5 Å². The number of nitrogens with two attached hydrogens (primary N) is 1. The molecule has 0 spiro atoms. The van der Waals surface area contributed by atoms with Crippen molar-refractivity contribution in [3.8, 4) is 11.5 Å². The third-order valence-electron chi connectivity index (χ3n) is 4.23. The summed E-state index contributed by atoms with van der Waals surface area (Å²) in [6.07, 6.45) is 2.43. The minimum atomic E-state index is -0.277. The van der Waals surface area contributed by atoms with Crippen LogP contribution in [0, 0.1) is 5.82 Å². The molecule has 0 amide bonds. The summed E-state index contributed by atoms with van der Waals surface area (Å²) in [5.74, 6) is 1.88. The maximum Gasteiger partial charge on any atom is 0.193 e. The zero-order chi connectivity index (χ0) is 20.1. The van der Waals surface area contributed by atoms with E-state index in [1.807, 2.05) is 24.3 Å². The number of fused-ring (bicyclic) bond motifs is 1. The van der Waals surface area contributed by atoms with E-state index >= 15 is 0 Å². The molecule has 0 saturated heterocycles. The smallest absolute Gasteiger partial charge is 0.193 e. The largest absolute Gasteiger partial charge is 0.490 e. The lowest BCUT2D eigenvalue weighted by molar-refractivity contribution is 0.297. The maximum absolute atomic E-state index is 13.3. The van der Waals surface area contributed by atoms with Crippen LogP contribution in [0.2, 0.25) is 0 Å². The highest BCUT2D eigenvalue weighted by Crippen LogP contribution is 2.32. The summed E-state index contributed by atoms with van der Waals surface area (Å²) in [7, 11) is 0. The second kappa shape index (κ2) is 10.2. The molecule has 158 valence electrons. The second-order valence-corrected chi connectivity index (χ2v) is 6.53. The number of rotatable bonds is 5. The quantitative estimate of drug-likeness (QED) is 0.302. The van der Waals surface area contributed by atoms with E-state index in [1.165, 1.54) is 12.1 Å². The molecule has 0 saturated carbocycles. The van der Waals surface area contributed by atoms with Gasteiger partial charge in [0.1, 0.15) is 18.7 Å². The van der Waals surface area contributed by atoms with Gasteiger partial charge in [0.2, 0.25) is 0 Å². The van der Waals surface area contributed by atoms with Gasteiger partial charge in [0, 0.05) is 18.2 Å². The van der Waals surface area contributed by atoms with E-state index in [2.05, 4.69) is 20.4 Å². The molecule has 1 aliphatic heterocycles. The molecule has 3 N–H and O–H groups in total. The van der Waals surface area contributed by atoms with Crippen LogP contribution in [-0.4, -0.2) is 33.9 Å². The zero-order valence-electron chi connectivity index (χ0n) is 16.1. The Morgan fingerprint density at radius 2 is 2.00 bits per heavy atom. The Morgan fingerprint density at radius 1 is 1.17 bits per heavy atom. The number of ether oxygens (including phenoxy) is 2. The number of hydrogen-bond acceptors (Lipinski definition) is 5. The van der Waals surface area contributed by atoms with E-state index in [1.54, 1.807) is 17.1 Å². The molecule has 0 bridgehead atoms. The summed E-state index contributed by atoms with van der Waals surface area (Å²) in [4.78, 5) is 8.48. The number of guanidine groups is 1. The number of halogens is 2. The highest BCUT2D eigenvalue weighted by molar-refractivity contribution is 14.0. The van der Waals surface area contributed by atoms with Crippen molar-refractivity contribution in [1.29, 1.82) is 0 Å². The minimum absolute atomic E-state index is 0. The molecule has 4 rings (SSSR count). The first-order chi connectivity index (χ1) is 14.2. The number of hydrogen-bond donors (Lipinski definition) is 2. The lowest BCUT2D eigenvalue weighted by atomic mass is 10.2. The number of benzene rings is 2. The highest BCUT2D eigenvalue weighted by Gasteiger charge is 2.11. The Morgan fingerprint density at radius 3 is 2.83 bits per heavy atom. The Bertz CT molecular complexity index is 1030. The molecule has 10 heteroatoms. The van der Waals surface area contributed by atoms with Gasteiger partial charge < -0.3 is 20.5 Å². The Hall–Kier alpha value is -2.89. The zero-order valence-corrected chi connectivity index (χ0v) is 18.5. The fourth-order valence-corrected chi connectivity index (χ4v) is 2.89. The number of nitrogens with one attached hydrogen (secondary N) is 1. The highest BCUT2D eigenvalue weighted by atomic mass is 127. The van der Waals surface area contributed by atoms with Crippen molar-refractivity contribution in [3.63, 3.8) is 0 Å². The number of anilines is 1. The molecule has 0 fully saturated rings. The van der Waals surface area contributed by atoms with Gasteiger partial charge in [-0.05, 0) is 29.8 Å². The first-order valence-corrected chi connectivity index (χ1v) is 9.25. The average molecular weight is 524 g/mol. The fourth-order valence-electron chi connectivity index (χ4n) is 2.89. The molecule has 2 aromatic carbocycles. The molecule has 3 aromatic rings. The molecule has 30 heavy (non-hydrogen) atoms. The molecule has 0 unspecified atom stereocenters. The van der Waals surface area contributed by atoms with Gasteiger partial charge in [-0.3, -0.25) is 0 Å². The van der Waals surface area contributed by atoms with E-state index in [0.29, 0.717) is 31.3 Å². The van der Waals surface area contributed by atoms with Crippen molar-refractivity contribution in [2.45, 2.75) is 19.5 Å². The predicted octanol–water partition coefficient (Wildman–Crippen LogP) is 3.17. The predicted molar refractivity (Wildman–Crippen MR) is 122 cm³/mol. The first kappa shape index (κ1) is 21.8. The fraction of sp³-hybridized carbons (Fsp3) is 0.250. The number of aromatic nitrogens is 3. The van der Waals surface area contributed by atoms with Gasteiger partial charge in [-0.15, -0.1) is 24.0 Å². The first-order valence-electron chi connectivity index (χ1n) is 9.25. The van der Waals surface area contributed by atoms with Crippen LogP contribution in [0.15, 0.2) is 53.8 Å². The average Bonchev–Trinajstić information content (AvgIpc) is 3.01. The minimum Gasteiger partial charge on any atom is -0.490 e. The van der Waals surface area contributed by atoms with Crippen molar-refractivity contribution in [3.05, 3.63) is 66.0 Å². The second-order valence-electron chi connectivity index (χ2n) is 6.53. The van der Waals surface area contributed by atoms with Gasteiger partial charge in [0.25, 0.3) is 0 Å². The summed E-state index contributed by atoms with van der Waals surface area (Å²) < 4.78 is 26.2. The lowest BCUT2D eigenvalue weighted by Crippen LogP contribution is -2.22. The number of nitrogens with zero attached hydrogens (tertiary/aromatic N) is 4. The molecule has 2 heterocycles. The van der Waals surface area contributed by atoms with Gasteiger partial charge >= 0.3 is 0 Å². The SMILES string of the molecule is I.NC(=NCc1ncn(Cc2cccc(F)c2)n1)Nc1ccc2c(c1)OCCCO2. The van der Waals surface area contributed by atoms with E-state index in [-0.39, 0.29) is 42.3 Å². The van der Waals surface area contributed by atoms with Crippen molar-refractivity contribution < 1.29 is 13.9 Å². The molecule has 1 aliphatic rings. The summed E-state index contributed by atoms with van der Waals surface area (Å²) in [5, 5.41) is 7.36. The number of aliphatic imine (C=N–C) groups is 1. The van der Waals surface area contributed by atoms with Gasteiger partial charge in [-0.2, -0.15) is 5.10 Å². The summed E-state index contributed by atoms with van der Waals surface area (Å²) in [6.45, 7) is 1.91. The Labute approximate surface area is 190 Å². The van der Waals surface area contributed by atoms with Crippen LogP contribution in [0.25, 0.3) is 0 Å². The topological polar surface area (TPSA) is 99.6 Å². The Kier molecular flexibility index (Phi) is 7.44. The van der Waals surface area contributed by atoms with Gasteiger partial charge in [0.05, 0.1) is 19.8 Å². The molecule has 1 aromatic heterocycles. The standard InChI is InChI=1S/C20H21FN6O2.HI/c21-15-4-1-3-14(9-15)12-27-13-24-19(26-27)11-23-20(22)25-16-5-6-17-18(10-16)29-8-2-7-28-17;/h1,3-6,9-10,13H,2,7-8,11-12H2,(H3,22,23,25);1H. The Balaban J connectivity index is 0.00000256. The molecule has 0 radical (unpaired) electrons. The van der Waals surface area contributed by atoms with Crippen LogP contribution >= 0.6 is 24.0 Å². The summed E-state index contributed by atoms with van der Waals surface area (Å²) >= 11 is 0. The van der Waals surface area contributed by atoms with Crippen LogP contribution in [0.3, 0.4) is 0 Å². The van der Waals surface area contributed by atoms with Crippen molar-refractivity contribution in [2.24, 2.45) is 10.7 Å².